The van der Waals surface area contributed by atoms with Crippen LogP contribution in [-0.4, -0.2) is 22.1 Å². The summed E-state index contributed by atoms with van der Waals surface area (Å²) in [7, 11) is 0. The van der Waals surface area contributed by atoms with Gasteiger partial charge in [0.2, 0.25) is 5.96 Å². The molecule has 0 fully saturated rings. The van der Waals surface area contributed by atoms with Gasteiger partial charge in [-0.3, -0.25) is 10.1 Å². The molecule has 0 saturated heterocycles. The Labute approximate surface area is 120 Å². The summed E-state index contributed by atoms with van der Waals surface area (Å²) < 4.78 is 0. The predicted molar refractivity (Wildman–Crippen MR) is 79.7 cm³/mol. The first kappa shape index (κ1) is 14.1. The zero-order valence-electron chi connectivity index (χ0n) is 10.9. The van der Waals surface area contributed by atoms with Gasteiger partial charge in [0, 0.05) is 17.8 Å². The summed E-state index contributed by atoms with van der Waals surface area (Å²) in [5.74, 6) is -0.132. The smallest absolute Gasteiger partial charge is 0.295 e. The Kier molecular flexibility index (Phi) is 4.20. The van der Waals surface area contributed by atoms with Crippen molar-refractivity contribution in [2.45, 2.75) is 0 Å². The topological polar surface area (TPSA) is 133 Å². The van der Waals surface area contributed by atoms with Crippen LogP contribution in [0.1, 0.15) is 5.56 Å². The maximum atomic E-state index is 11.0. The van der Waals surface area contributed by atoms with E-state index < -0.39 is 4.92 Å². The highest BCUT2D eigenvalue weighted by Crippen LogP contribution is 2.26. The third-order valence-corrected chi connectivity index (χ3v) is 2.55. The molecule has 8 nitrogen and oxygen atoms in total. The Hall–Kier alpha value is -3.29. The fraction of sp³-hybridized carbons (Fsp3) is 0. The van der Waals surface area contributed by atoms with Crippen LogP contribution in [0.4, 0.5) is 5.69 Å². The number of nitro groups is 1. The number of nitrogens with zero attached hydrogens (tertiary/aromatic N) is 4. The summed E-state index contributed by atoms with van der Waals surface area (Å²) in [6, 6.07) is 9.84. The summed E-state index contributed by atoms with van der Waals surface area (Å²) in [4.78, 5) is 14.6. The molecule has 0 unspecified atom stereocenters. The van der Waals surface area contributed by atoms with Crippen LogP contribution in [0.15, 0.2) is 52.8 Å². The minimum atomic E-state index is -0.462. The summed E-state index contributed by atoms with van der Waals surface area (Å²) in [5.41, 5.74) is 12.0. The average molecular weight is 284 g/mol. The molecule has 0 spiro atoms. The standard InChI is InChI=1S/C13H12N6O2/c14-13(15)18-17-8-9-3-5-10(6-4-9)12-11(19(20)21)2-1-7-16-12/h1-8H,(H4,14,15,18). The number of rotatable bonds is 4. The van der Waals surface area contributed by atoms with E-state index in [9.17, 15) is 10.1 Å². The molecule has 0 aliphatic heterocycles. The molecule has 4 N–H and O–H groups in total. The van der Waals surface area contributed by atoms with Gasteiger partial charge in [0.25, 0.3) is 5.69 Å². The van der Waals surface area contributed by atoms with Crippen LogP contribution < -0.4 is 11.5 Å². The molecule has 21 heavy (non-hydrogen) atoms. The van der Waals surface area contributed by atoms with Gasteiger partial charge in [-0.05, 0) is 11.6 Å². The molecule has 1 aromatic heterocycles. The van der Waals surface area contributed by atoms with Gasteiger partial charge in [-0.2, -0.15) is 5.10 Å². The monoisotopic (exact) mass is 284 g/mol. The van der Waals surface area contributed by atoms with E-state index in [4.69, 9.17) is 11.5 Å². The fourth-order valence-corrected chi connectivity index (χ4v) is 1.66. The summed E-state index contributed by atoms with van der Waals surface area (Å²) >= 11 is 0. The Bertz CT molecular complexity index is 705. The number of hydrogen-bond donors (Lipinski definition) is 2. The SMILES string of the molecule is NC(N)=NN=Cc1ccc(-c2ncccc2[N+](=O)[O-])cc1. The van der Waals surface area contributed by atoms with Gasteiger partial charge in [-0.15, -0.1) is 5.10 Å². The first-order chi connectivity index (χ1) is 10.1. The van der Waals surface area contributed by atoms with Crippen molar-refractivity contribution in [2.24, 2.45) is 21.7 Å². The quantitative estimate of drug-likeness (QED) is 0.377. The third kappa shape index (κ3) is 3.60. The Morgan fingerprint density at radius 3 is 2.57 bits per heavy atom. The van der Waals surface area contributed by atoms with Crippen molar-refractivity contribution in [3.05, 3.63) is 58.3 Å². The van der Waals surface area contributed by atoms with Crippen molar-refractivity contribution in [3.63, 3.8) is 0 Å². The highest BCUT2D eigenvalue weighted by molar-refractivity contribution is 5.82. The molecule has 106 valence electrons. The molecule has 0 amide bonds. The molecule has 1 aromatic carbocycles. The molecule has 0 saturated carbocycles. The van der Waals surface area contributed by atoms with Crippen LogP contribution in [0.25, 0.3) is 11.3 Å². The van der Waals surface area contributed by atoms with Crippen LogP contribution in [-0.2, 0) is 0 Å². The molecule has 0 bridgehead atoms. The second kappa shape index (κ2) is 6.24. The number of guanidine groups is 1. The van der Waals surface area contributed by atoms with Gasteiger partial charge >= 0.3 is 0 Å². The van der Waals surface area contributed by atoms with Gasteiger partial charge in [0.05, 0.1) is 11.1 Å². The number of benzene rings is 1. The van der Waals surface area contributed by atoms with E-state index in [2.05, 4.69) is 15.2 Å². The molecular weight excluding hydrogens is 272 g/mol. The van der Waals surface area contributed by atoms with Gasteiger partial charge < -0.3 is 11.5 Å². The average Bonchev–Trinajstić information content (AvgIpc) is 2.47. The largest absolute Gasteiger partial charge is 0.369 e. The second-order valence-electron chi connectivity index (χ2n) is 4.02. The lowest BCUT2D eigenvalue weighted by molar-refractivity contribution is -0.384. The van der Waals surface area contributed by atoms with Crippen LogP contribution in [0, 0.1) is 10.1 Å². The van der Waals surface area contributed by atoms with Gasteiger partial charge in [0.15, 0.2) is 0 Å². The maximum Gasteiger partial charge on any atom is 0.295 e. The van der Waals surface area contributed by atoms with E-state index in [-0.39, 0.29) is 11.6 Å². The number of nitrogens with two attached hydrogens (primary N) is 2. The predicted octanol–water partition coefficient (Wildman–Crippen LogP) is 1.26. The molecule has 0 aliphatic rings. The Morgan fingerprint density at radius 1 is 1.24 bits per heavy atom. The van der Waals surface area contributed by atoms with Crippen LogP contribution in [0.5, 0.6) is 0 Å². The van der Waals surface area contributed by atoms with Crippen molar-refractivity contribution < 1.29 is 4.92 Å². The van der Waals surface area contributed by atoms with Crippen LogP contribution in [0.3, 0.4) is 0 Å². The zero-order chi connectivity index (χ0) is 15.2. The van der Waals surface area contributed by atoms with Gasteiger partial charge in [-0.25, -0.2) is 4.98 Å². The fourth-order valence-electron chi connectivity index (χ4n) is 1.66. The minimum absolute atomic E-state index is 0.0422. The third-order valence-electron chi connectivity index (χ3n) is 2.55. The first-order valence-electron chi connectivity index (χ1n) is 5.90. The molecular formula is C13H12N6O2. The number of aromatic nitrogens is 1. The van der Waals surface area contributed by atoms with Crippen molar-refractivity contribution in [3.8, 4) is 11.3 Å². The normalized spacial score (nSPS) is 10.5. The van der Waals surface area contributed by atoms with E-state index in [1.807, 2.05) is 0 Å². The highest BCUT2D eigenvalue weighted by Gasteiger charge is 2.15. The molecule has 1 heterocycles. The number of hydrogen-bond acceptors (Lipinski definition) is 5. The Morgan fingerprint density at radius 2 is 1.95 bits per heavy atom. The summed E-state index contributed by atoms with van der Waals surface area (Å²) in [6.45, 7) is 0. The van der Waals surface area contributed by atoms with Crippen molar-refractivity contribution in [2.75, 3.05) is 0 Å². The molecule has 0 aliphatic carbocycles. The number of pyridine rings is 1. The molecule has 8 heteroatoms. The molecule has 0 atom stereocenters. The van der Waals surface area contributed by atoms with Gasteiger partial charge in [0.1, 0.15) is 5.69 Å². The van der Waals surface area contributed by atoms with Crippen LogP contribution >= 0.6 is 0 Å². The highest BCUT2D eigenvalue weighted by atomic mass is 16.6. The molecule has 2 rings (SSSR count). The van der Waals surface area contributed by atoms with Crippen molar-refractivity contribution >= 4 is 17.9 Å². The summed E-state index contributed by atoms with van der Waals surface area (Å²) in [6.07, 6.45) is 2.98. The van der Waals surface area contributed by atoms with E-state index >= 15 is 0 Å². The molecule has 0 radical (unpaired) electrons. The van der Waals surface area contributed by atoms with Crippen molar-refractivity contribution in [1.82, 2.24) is 4.98 Å². The zero-order valence-corrected chi connectivity index (χ0v) is 10.9. The lowest BCUT2D eigenvalue weighted by Gasteiger charge is -2.02. The van der Waals surface area contributed by atoms with Crippen molar-refractivity contribution in [1.29, 1.82) is 0 Å². The maximum absolute atomic E-state index is 11.0. The van der Waals surface area contributed by atoms with E-state index in [1.54, 1.807) is 24.3 Å². The lowest BCUT2D eigenvalue weighted by Crippen LogP contribution is -2.21. The molecule has 2 aromatic rings. The van der Waals surface area contributed by atoms with E-state index in [0.29, 0.717) is 11.3 Å². The Balaban J connectivity index is 2.30. The van der Waals surface area contributed by atoms with Crippen LogP contribution in [0.2, 0.25) is 0 Å². The minimum Gasteiger partial charge on any atom is -0.369 e. The van der Waals surface area contributed by atoms with E-state index in [1.165, 1.54) is 24.5 Å². The first-order valence-corrected chi connectivity index (χ1v) is 5.90. The summed E-state index contributed by atoms with van der Waals surface area (Å²) in [5, 5.41) is 18.1. The second-order valence-corrected chi connectivity index (χ2v) is 4.02. The lowest BCUT2D eigenvalue weighted by atomic mass is 10.1. The van der Waals surface area contributed by atoms with E-state index in [0.717, 1.165) is 5.56 Å². The van der Waals surface area contributed by atoms with Gasteiger partial charge in [-0.1, -0.05) is 24.3 Å².